The molecule has 1 saturated carbocycles. The third kappa shape index (κ3) is 0.834. The van der Waals surface area contributed by atoms with Gasteiger partial charge in [-0.3, -0.25) is 4.79 Å². The maximum Gasteiger partial charge on any atom is 0.307 e. The van der Waals surface area contributed by atoms with Crippen molar-refractivity contribution < 1.29 is 9.90 Å². The van der Waals surface area contributed by atoms with Crippen molar-refractivity contribution in [1.82, 2.24) is 0 Å². The molecule has 0 heterocycles. The van der Waals surface area contributed by atoms with Gasteiger partial charge < -0.3 is 5.11 Å². The zero-order chi connectivity index (χ0) is 9.76. The fraction of sp³-hybridized carbons (Fsp3) is 0.417. The molecule has 3 rings (SSSR count). The molecular weight excluding hydrogens is 176 g/mol. The lowest BCUT2D eigenvalue weighted by atomic mass is 9.95. The van der Waals surface area contributed by atoms with Crippen molar-refractivity contribution in [3.8, 4) is 0 Å². The molecule has 1 aromatic rings. The SMILES string of the molecule is O=C(O)[C@@H]1C[C@@]12CCc1ccccc12. The Bertz CT molecular complexity index is 411. The molecule has 14 heavy (non-hydrogen) atoms. The number of aryl methyl sites for hydroxylation is 1. The van der Waals surface area contributed by atoms with Crippen LogP contribution in [0.25, 0.3) is 0 Å². The fourth-order valence-corrected chi connectivity index (χ4v) is 2.92. The molecule has 1 fully saturated rings. The lowest BCUT2D eigenvalue weighted by molar-refractivity contribution is -0.139. The molecule has 0 amide bonds. The van der Waals surface area contributed by atoms with Crippen molar-refractivity contribution >= 4 is 5.97 Å². The average molecular weight is 188 g/mol. The van der Waals surface area contributed by atoms with Crippen LogP contribution in [-0.4, -0.2) is 11.1 Å². The van der Waals surface area contributed by atoms with Crippen LogP contribution in [0.5, 0.6) is 0 Å². The number of carboxylic acids is 1. The third-order valence-electron chi connectivity index (χ3n) is 3.77. The van der Waals surface area contributed by atoms with Crippen molar-refractivity contribution in [2.45, 2.75) is 24.7 Å². The van der Waals surface area contributed by atoms with Crippen LogP contribution < -0.4 is 0 Å². The highest BCUT2D eigenvalue weighted by Gasteiger charge is 2.61. The van der Waals surface area contributed by atoms with E-state index in [9.17, 15) is 4.79 Å². The Hall–Kier alpha value is -1.31. The number of rotatable bonds is 1. The van der Waals surface area contributed by atoms with E-state index < -0.39 is 5.97 Å². The predicted molar refractivity (Wildman–Crippen MR) is 52.2 cm³/mol. The van der Waals surface area contributed by atoms with Crippen molar-refractivity contribution in [3.63, 3.8) is 0 Å². The quantitative estimate of drug-likeness (QED) is 0.731. The summed E-state index contributed by atoms with van der Waals surface area (Å²) >= 11 is 0. The van der Waals surface area contributed by atoms with E-state index in [1.807, 2.05) is 12.1 Å². The monoisotopic (exact) mass is 188 g/mol. The molecule has 1 N–H and O–H groups in total. The summed E-state index contributed by atoms with van der Waals surface area (Å²) in [5.41, 5.74) is 2.67. The van der Waals surface area contributed by atoms with Gasteiger partial charge in [0, 0.05) is 5.41 Å². The third-order valence-corrected chi connectivity index (χ3v) is 3.77. The Morgan fingerprint density at radius 3 is 2.93 bits per heavy atom. The minimum Gasteiger partial charge on any atom is -0.481 e. The van der Waals surface area contributed by atoms with Gasteiger partial charge in [-0.1, -0.05) is 24.3 Å². The molecule has 2 heteroatoms. The Balaban J connectivity index is 2.04. The second kappa shape index (κ2) is 2.38. The van der Waals surface area contributed by atoms with Gasteiger partial charge in [-0.15, -0.1) is 0 Å². The van der Waals surface area contributed by atoms with Crippen molar-refractivity contribution in [1.29, 1.82) is 0 Å². The van der Waals surface area contributed by atoms with Gasteiger partial charge in [0.15, 0.2) is 0 Å². The van der Waals surface area contributed by atoms with Crippen molar-refractivity contribution in [2.75, 3.05) is 0 Å². The summed E-state index contributed by atoms with van der Waals surface area (Å²) in [5.74, 6) is -0.743. The molecule has 0 bridgehead atoms. The first-order valence-corrected chi connectivity index (χ1v) is 5.05. The van der Waals surface area contributed by atoms with Crippen LogP contribution in [0.1, 0.15) is 24.0 Å². The summed E-state index contributed by atoms with van der Waals surface area (Å²) in [6, 6.07) is 8.28. The molecule has 2 aliphatic rings. The first-order valence-electron chi connectivity index (χ1n) is 5.05. The number of benzene rings is 1. The number of fused-ring (bicyclic) bond motifs is 2. The Labute approximate surface area is 82.6 Å². The molecule has 1 spiro atoms. The van der Waals surface area contributed by atoms with E-state index in [0.29, 0.717) is 0 Å². The fourth-order valence-electron chi connectivity index (χ4n) is 2.92. The normalized spacial score (nSPS) is 33.0. The topological polar surface area (TPSA) is 37.3 Å². The molecule has 0 saturated heterocycles. The molecule has 0 aliphatic heterocycles. The van der Waals surface area contributed by atoms with Crippen LogP contribution in [0, 0.1) is 5.92 Å². The van der Waals surface area contributed by atoms with Gasteiger partial charge in [0.2, 0.25) is 0 Å². The van der Waals surface area contributed by atoms with Gasteiger partial charge in [-0.25, -0.2) is 0 Å². The zero-order valence-electron chi connectivity index (χ0n) is 7.86. The summed E-state index contributed by atoms with van der Waals surface area (Å²) < 4.78 is 0. The molecule has 2 atom stereocenters. The van der Waals surface area contributed by atoms with E-state index in [2.05, 4.69) is 12.1 Å². The van der Waals surface area contributed by atoms with Crippen molar-refractivity contribution in [3.05, 3.63) is 35.4 Å². The smallest absolute Gasteiger partial charge is 0.307 e. The van der Waals surface area contributed by atoms with Gasteiger partial charge in [-0.05, 0) is 30.4 Å². The van der Waals surface area contributed by atoms with Crippen LogP contribution in [0.2, 0.25) is 0 Å². The summed E-state index contributed by atoms with van der Waals surface area (Å²) in [7, 11) is 0. The minimum atomic E-state index is -0.623. The summed E-state index contributed by atoms with van der Waals surface area (Å²) in [4.78, 5) is 10.9. The highest BCUT2D eigenvalue weighted by molar-refractivity contribution is 5.78. The van der Waals surface area contributed by atoms with Gasteiger partial charge in [0.25, 0.3) is 0 Å². The zero-order valence-corrected chi connectivity index (χ0v) is 7.86. The van der Waals surface area contributed by atoms with E-state index in [1.54, 1.807) is 0 Å². The molecular formula is C12H12O2. The van der Waals surface area contributed by atoms with Gasteiger partial charge in [0.1, 0.15) is 0 Å². The minimum absolute atomic E-state index is 0.0163. The van der Waals surface area contributed by atoms with Gasteiger partial charge >= 0.3 is 5.97 Å². The molecule has 0 radical (unpaired) electrons. The highest BCUT2D eigenvalue weighted by Crippen LogP contribution is 2.61. The molecule has 1 aromatic carbocycles. The lowest BCUT2D eigenvalue weighted by Gasteiger charge is -2.08. The van der Waals surface area contributed by atoms with E-state index in [1.165, 1.54) is 11.1 Å². The largest absolute Gasteiger partial charge is 0.481 e. The Kier molecular flexibility index (Phi) is 1.37. The Morgan fingerprint density at radius 1 is 1.43 bits per heavy atom. The van der Waals surface area contributed by atoms with Crippen LogP contribution in [-0.2, 0) is 16.6 Å². The second-order valence-electron chi connectivity index (χ2n) is 4.41. The summed E-state index contributed by atoms with van der Waals surface area (Å²) in [6.45, 7) is 0. The van der Waals surface area contributed by atoms with Crippen LogP contribution in [0.4, 0.5) is 0 Å². The van der Waals surface area contributed by atoms with E-state index in [-0.39, 0.29) is 11.3 Å². The van der Waals surface area contributed by atoms with Gasteiger partial charge in [-0.2, -0.15) is 0 Å². The van der Waals surface area contributed by atoms with Crippen LogP contribution in [0.3, 0.4) is 0 Å². The maximum atomic E-state index is 10.9. The number of carboxylic acid groups (broad SMARTS) is 1. The predicted octanol–water partition coefficient (Wildman–Crippen LogP) is 1.98. The van der Waals surface area contributed by atoms with Crippen LogP contribution in [0.15, 0.2) is 24.3 Å². The van der Waals surface area contributed by atoms with Gasteiger partial charge in [0.05, 0.1) is 5.92 Å². The maximum absolute atomic E-state index is 10.9. The molecule has 2 nitrogen and oxygen atoms in total. The molecule has 72 valence electrons. The highest BCUT2D eigenvalue weighted by atomic mass is 16.4. The molecule has 0 aromatic heterocycles. The number of hydrogen-bond acceptors (Lipinski definition) is 1. The van der Waals surface area contributed by atoms with Crippen molar-refractivity contribution in [2.24, 2.45) is 5.92 Å². The standard InChI is InChI=1S/C12H12O2/c13-11(14)10-7-12(10)6-5-8-3-1-2-4-9(8)12/h1-4,10H,5-7H2,(H,13,14)/t10-,12+/m0/s1. The second-order valence-corrected chi connectivity index (χ2v) is 4.41. The summed E-state index contributed by atoms with van der Waals surface area (Å²) in [6.07, 6.45) is 2.93. The molecule has 2 aliphatic carbocycles. The number of hydrogen-bond donors (Lipinski definition) is 1. The van der Waals surface area contributed by atoms with E-state index in [0.717, 1.165) is 19.3 Å². The lowest BCUT2D eigenvalue weighted by Crippen LogP contribution is -2.11. The Morgan fingerprint density at radius 2 is 2.21 bits per heavy atom. The van der Waals surface area contributed by atoms with Crippen LogP contribution >= 0.6 is 0 Å². The summed E-state index contributed by atoms with van der Waals surface area (Å²) in [5, 5.41) is 9.00. The first kappa shape index (κ1) is 8.04. The first-order chi connectivity index (χ1) is 6.74. The van der Waals surface area contributed by atoms with E-state index >= 15 is 0 Å². The number of aliphatic carboxylic acids is 1. The van der Waals surface area contributed by atoms with E-state index in [4.69, 9.17) is 5.11 Å². The molecule has 0 unspecified atom stereocenters. The number of carbonyl (C=O) groups is 1. The average Bonchev–Trinajstić information content (AvgIpc) is 2.80.